The minimum atomic E-state index is -0.651. The van der Waals surface area contributed by atoms with Gasteiger partial charge in [0.05, 0.1) is 59.3 Å². The molecule has 410 valence electrons. The number of piperazine rings is 1. The molecule has 2 aromatic heterocycles. The fourth-order valence-corrected chi connectivity index (χ4v) is 10.6. The zero-order valence-electron chi connectivity index (χ0n) is 43.7. The Balaban J connectivity index is 0.590. The van der Waals surface area contributed by atoms with E-state index >= 15 is 0 Å². The van der Waals surface area contributed by atoms with Gasteiger partial charge in [-0.3, -0.25) is 44.0 Å². The van der Waals surface area contributed by atoms with E-state index in [-0.39, 0.29) is 36.0 Å². The third-order valence-electron chi connectivity index (χ3n) is 14.9. The molecule has 8 rings (SSSR count). The van der Waals surface area contributed by atoms with Crippen molar-refractivity contribution in [2.24, 2.45) is 5.92 Å². The van der Waals surface area contributed by atoms with Crippen LogP contribution in [0.25, 0.3) is 6.08 Å². The quantitative estimate of drug-likeness (QED) is 0.0566. The van der Waals surface area contributed by atoms with E-state index in [0.717, 1.165) is 107 Å². The first-order chi connectivity index (χ1) is 37.2. The molecule has 4 fully saturated rings. The third kappa shape index (κ3) is 16.3. The van der Waals surface area contributed by atoms with Crippen LogP contribution in [0.5, 0.6) is 0 Å². The zero-order valence-corrected chi connectivity index (χ0v) is 43.7. The topological polar surface area (TPSA) is 230 Å². The molecular formula is C55H75N11O10. The number of carbonyl (C=O) groups excluding carboxylic acids is 6. The number of carbonyl (C=O) groups is 6. The molecule has 1 unspecified atom stereocenters. The van der Waals surface area contributed by atoms with Gasteiger partial charge in [0.1, 0.15) is 6.04 Å². The number of rotatable bonds is 27. The summed E-state index contributed by atoms with van der Waals surface area (Å²) in [5.41, 5.74) is 3.50. The van der Waals surface area contributed by atoms with Crippen LogP contribution in [0.4, 0.5) is 11.5 Å². The summed E-state index contributed by atoms with van der Waals surface area (Å²) in [6.07, 6.45) is 14.6. The highest BCUT2D eigenvalue weighted by Gasteiger charge is 2.40. The Morgan fingerprint density at radius 2 is 1.46 bits per heavy atom. The largest absolute Gasteiger partial charge is 0.382 e. The molecule has 0 bridgehead atoms. The number of amides is 6. The normalized spacial score (nSPS) is 18.8. The highest BCUT2D eigenvalue weighted by Crippen LogP contribution is 2.32. The number of likely N-dealkylation sites (tertiary alicyclic amines) is 1. The minimum absolute atomic E-state index is 0.0605. The minimum Gasteiger partial charge on any atom is -0.382 e. The summed E-state index contributed by atoms with van der Waals surface area (Å²) in [5, 5.41) is 17.5. The van der Waals surface area contributed by atoms with Crippen LogP contribution in [0.2, 0.25) is 0 Å². The smallest absolute Gasteiger partial charge is 0.274 e. The van der Waals surface area contributed by atoms with Gasteiger partial charge in [-0.2, -0.15) is 0 Å². The van der Waals surface area contributed by atoms with Crippen LogP contribution in [0.15, 0.2) is 60.9 Å². The Labute approximate surface area is 445 Å². The SMILES string of the molecule is O=C(/C=C/c1cccnc1)NCCCCC1CCN(C(=O)c2ccc(N3CCC(N4CCN(C(=O)CCOCCOCCOCCOCCNc5cccc6c5CN(C5CCC(=O)NC5=O)C6=O)CC4)CC3)nn2)CC1. The van der Waals surface area contributed by atoms with Gasteiger partial charge in [-0.15, -0.1) is 10.2 Å². The zero-order chi connectivity index (χ0) is 52.9. The number of hydrogen-bond donors (Lipinski definition) is 3. The molecule has 0 spiro atoms. The summed E-state index contributed by atoms with van der Waals surface area (Å²) in [7, 11) is 0. The predicted molar refractivity (Wildman–Crippen MR) is 283 cm³/mol. The summed E-state index contributed by atoms with van der Waals surface area (Å²) in [4.78, 5) is 89.6. The lowest BCUT2D eigenvalue weighted by atomic mass is 9.91. The lowest BCUT2D eigenvalue weighted by Crippen LogP contribution is -2.54. The molecule has 76 heavy (non-hydrogen) atoms. The highest BCUT2D eigenvalue weighted by atomic mass is 16.6. The monoisotopic (exact) mass is 1050 g/mol. The van der Waals surface area contributed by atoms with E-state index in [9.17, 15) is 28.8 Å². The van der Waals surface area contributed by atoms with Crippen LogP contribution in [-0.2, 0) is 44.7 Å². The van der Waals surface area contributed by atoms with Crippen LogP contribution in [0.3, 0.4) is 0 Å². The molecule has 0 aliphatic carbocycles. The molecule has 5 aliphatic rings. The molecule has 3 aromatic rings. The van der Waals surface area contributed by atoms with E-state index in [2.05, 4.69) is 40.9 Å². The average molecular weight is 1050 g/mol. The van der Waals surface area contributed by atoms with E-state index in [0.29, 0.717) is 122 Å². The average Bonchev–Trinajstić information content (AvgIpc) is 3.79. The van der Waals surface area contributed by atoms with Gasteiger partial charge in [-0.25, -0.2) is 0 Å². The summed E-state index contributed by atoms with van der Waals surface area (Å²) in [5.74, 6) is 0.388. The van der Waals surface area contributed by atoms with E-state index in [1.54, 1.807) is 35.5 Å². The first kappa shape index (κ1) is 55.8. The molecule has 1 aromatic carbocycles. The van der Waals surface area contributed by atoms with Crippen molar-refractivity contribution in [3.8, 4) is 0 Å². The predicted octanol–water partition coefficient (Wildman–Crippen LogP) is 3.17. The maximum atomic E-state index is 13.3. The number of piperidine rings is 3. The number of nitrogens with one attached hydrogen (secondary N) is 3. The van der Waals surface area contributed by atoms with Crippen molar-refractivity contribution in [2.45, 2.75) is 82.8 Å². The first-order valence-corrected chi connectivity index (χ1v) is 27.3. The van der Waals surface area contributed by atoms with Crippen molar-refractivity contribution in [2.75, 3.05) is 129 Å². The van der Waals surface area contributed by atoms with Crippen LogP contribution >= 0.6 is 0 Å². The number of ether oxygens (including phenoxy) is 4. The van der Waals surface area contributed by atoms with Crippen LogP contribution in [0, 0.1) is 5.92 Å². The second-order valence-electron chi connectivity index (χ2n) is 19.9. The molecule has 0 saturated carbocycles. The van der Waals surface area contributed by atoms with Crippen molar-refractivity contribution in [1.82, 2.24) is 45.4 Å². The molecule has 5 aliphatic heterocycles. The number of fused-ring (bicyclic) bond motifs is 1. The Bertz CT molecular complexity index is 2410. The van der Waals surface area contributed by atoms with Crippen LogP contribution in [0.1, 0.15) is 96.2 Å². The molecule has 21 nitrogen and oxygen atoms in total. The molecule has 1 atom stereocenters. The second-order valence-corrected chi connectivity index (χ2v) is 19.9. The number of pyridine rings is 1. The maximum Gasteiger partial charge on any atom is 0.274 e. The molecule has 7 heterocycles. The van der Waals surface area contributed by atoms with Gasteiger partial charge in [0.15, 0.2) is 11.5 Å². The van der Waals surface area contributed by atoms with Gasteiger partial charge in [-0.1, -0.05) is 25.0 Å². The van der Waals surface area contributed by atoms with Crippen molar-refractivity contribution in [1.29, 1.82) is 0 Å². The number of unbranched alkanes of at least 4 members (excludes halogenated alkanes) is 1. The van der Waals surface area contributed by atoms with Gasteiger partial charge in [0.25, 0.3) is 11.8 Å². The van der Waals surface area contributed by atoms with E-state index in [1.165, 1.54) is 0 Å². The summed E-state index contributed by atoms with van der Waals surface area (Å²) in [6.45, 7) is 11.1. The number of aromatic nitrogens is 3. The van der Waals surface area contributed by atoms with Crippen LogP contribution < -0.4 is 20.9 Å². The number of hydrogen-bond acceptors (Lipinski definition) is 16. The van der Waals surface area contributed by atoms with Gasteiger partial charge in [-0.05, 0) is 86.4 Å². The van der Waals surface area contributed by atoms with Crippen LogP contribution in [-0.4, -0.2) is 201 Å². The summed E-state index contributed by atoms with van der Waals surface area (Å²) in [6, 6.07) is 12.8. The van der Waals surface area contributed by atoms with Crippen molar-refractivity contribution in [3.63, 3.8) is 0 Å². The number of anilines is 2. The first-order valence-electron chi connectivity index (χ1n) is 27.3. The highest BCUT2D eigenvalue weighted by molar-refractivity contribution is 6.06. The van der Waals surface area contributed by atoms with Crippen molar-refractivity contribution in [3.05, 3.63) is 83.3 Å². The number of benzene rings is 1. The Morgan fingerprint density at radius 3 is 2.16 bits per heavy atom. The third-order valence-corrected chi connectivity index (χ3v) is 14.9. The summed E-state index contributed by atoms with van der Waals surface area (Å²) < 4.78 is 22.6. The Hall–Kier alpha value is -6.39. The van der Waals surface area contributed by atoms with Gasteiger partial charge in [0.2, 0.25) is 23.6 Å². The van der Waals surface area contributed by atoms with E-state index in [1.807, 2.05) is 46.2 Å². The molecule has 4 saturated heterocycles. The molecular weight excluding hydrogens is 975 g/mol. The van der Waals surface area contributed by atoms with Gasteiger partial charge >= 0.3 is 0 Å². The van der Waals surface area contributed by atoms with Gasteiger partial charge < -0.3 is 49.2 Å². The number of imide groups is 1. The Kier molecular flexibility index (Phi) is 21.5. The standard InChI is InChI=1S/C55H75N11O10/c67-50(13-9-42-6-4-20-56-39-42)58-21-2-1-5-41-15-23-65(24-16-41)55(72)47-10-12-49(61-60-47)63-25-17-43(18-26-63)62-27-29-64(30-28-62)52(69)19-31-73-33-35-75-37-38-76-36-34-74-32-22-57-46-8-3-7-44-45(46)40-66(54(44)71)48-11-14-51(68)59-53(48)70/h3-4,6-10,12-13,20,39,41,43,48,57H,1-2,5,11,14-19,21-38,40H2,(H,58,67)(H,59,68,70)/b13-9+. The van der Waals surface area contributed by atoms with Crippen molar-refractivity contribution >= 4 is 53.0 Å². The number of nitrogens with zero attached hydrogens (tertiary/aromatic N) is 8. The maximum absolute atomic E-state index is 13.3. The lowest BCUT2D eigenvalue weighted by molar-refractivity contribution is -0.137. The fraction of sp³-hybridized carbons (Fsp3) is 0.582. The molecule has 3 N–H and O–H groups in total. The fourth-order valence-electron chi connectivity index (χ4n) is 10.6. The van der Waals surface area contributed by atoms with E-state index in [4.69, 9.17) is 18.9 Å². The van der Waals surface area contributed by atoms with Gasteiger partial charge in [0, 0.05) is 120 Å². The second kappa shape index (κ2) is 29.2. The Morgan fingerprint density at radius 1 is 0.724 bits per heavy atom. The summed E-state index contributed by atoms with van der Waals surface area (Å²) >= 11 is 0. The molecule has 6 amide bonds. The molecule has 0 radical (unpaired) electrons. The molecule has 21 heteroatoms. The van der Waals surface area contributed by atoms with E-state index < -0.39 is 11.9 Å². The lowest BCUT2D eigenvalue weighted by Gasteiger charge is -2.43. The van der Waals surface area contributed by atoms with Crippen molar-refractivity contribution < 1.29 is 47.7 Å².